The molecule has 2 heterocycles. The highest BCUT2D eigenvalue weighted by Gasteiger charge is 2.06. The molecule has 0 bridgehead atoms. The predicted octanol–water partition coefficient (Wildman–Crippen LogP) is 1.53. The van der Waals surface area contributed by atoms with Crippen LogP contribution in [-0.4, -0.2) is 21.5 Å². The van der Waals surface area contributed by atoms with Crippen LogP contribution in [-0.2, 0) is 0 Å². The number of fused-ring (bicyclic) bond motifs is 1. The second kappa shape index (κ2) is 2.67. The Bertz CT molecular complexity index is 437. The van der Waals surface area contributed by atoms with E-state index in [1.165, 1.54) is 6.20 Å². The van der Waals surface area contributed by atoms with Gasteiger partial charge in [0.05, 0.1) is 10.9 Å². The number of aromatic nitrogens is 3. The third-order valence-electron chi connectivity index (χ3n) is 1.58. The maximum absolute atomic E-state index is 10.5. The molecule has 0 saturated carbocycles. The van der Waals surface area contributed by atoms with Crippen molar-refractivity contribution in [2.24, 2.45) is 0 Å². The van der Waals surface area contributed by atoms with Crippen molar-refractivity contribution in [1.82, 2.24) is 15.2 Å². The number of nitrogens with one attached hydrogen (secondary N) is 1. The number of pyridine rings is 1. The van der Waals surface area contributed by atoms with Crippen LogP contribution < -0.4 is 0 Å². The number of hydrogen-bond acceptors (Lipinski definition) is 3. The number of aromatic amines is 1. The monoisotopic (exact) mass is 225 g/mol. The fourth-order valence-electron chi connectivity index (χ4n) is 1.01. The third kappa shape index (κ3) is 0.937. The van der Waals surface area contributed by atoms with E-state index < -0.39 is 0 Å². The van der Waals surface area contributed by atoms with Gasteiger partial charge in [0, 0.05) is 12.4 Å². The second-order valence-corrected chi connectivity index (χ2v) is 3.07. The van der Waals surface area contributed by atoms with Crippen LogP contribution in [0.1, 0.15) is 10.4 Å². The molecule has 5 heteroatoms. The van der Waals surface area contributed by atoms with E-state index >= 15 is 0 Å². The maximum Gasteiger partial charge on any atom is 0.153 e. The van der Waals surface area contributed by atoms with Crippen LogP contribution in [0.3, 0.4) is 0 Å². The number of nitrogens with zero attached hydrogens (tertiary/aromatic N) is 2. The number of H-pyrrole nitrogens is 1. The minimum Gasteiger partial charge on any atom is -0.298 e. The van der Waals surface area contributed by atoms with Gasteiger partial charge in [0.2, 0.25) is 0 Å². The van der Waals surface area contributed by atoms with Gasteiger partial charge in [0.25, 0.3) is 0 Å². The minimum atomic E-state index is 0.495. The van der Waals surface area contributed by atoms with Crippen LogP contribution in [0.4, 0.5) is 0 Å². The van der Waals surface area contributed by atoms with E-state index in [2.05, 4.69) is 31.1 Å². The lowest BCUT2D eigenvalue weighted by Crippen LogP contribution is -1.83. The molecule has 2 rings (SSSR count). The molecular weight excluding hydrogens is 222 g/mol. The predicted molar refractivity (Wildman–Crippen MR) is 47.0 cm³/mol. The largest absolute Gasteiger partial charge is 0.298 e. The molecule has 0 amide bonds. The number of rotatable bonds is 1. The van der Waals surface area contributed by atoms with Crippen LogP contribution >= 0.6 is 15.9 Å². The van der Waals surface area contributed by atoms with Crippen molar-refractivity contribution in [3.8, 4) is 0 Å². The summed E-state index contributed by atoms with van der Waals surface area (Å²) in [5.41, 5.74) is 1.14. The quantitative estimate of drug-likeness (QED) is 0.750. The minimum absolute atomic E-state index is 0.495. The summed E-state index contributed by atoms with van der Waals surface area (Å²) in [4.78, 5) is 14.4. The molecule has 0 unspecified atom stereocenters. The van der Waals surface area contributed by atoms with Gasteiger partial charge in [-0.2, -0.15) is 5.10 Å². The van der Waals surface area contributed by atoms with E-state index in [1.54, 1.807) is 6.20 Å². The molecule has 0 fully saturated rings. The molecule has 4 nitrogen and oxygen atoms in total. The Morgan fingerprint density at radius 3 is 3.08 bits per heavy atom. The molecule has 0 aliphatic heterocycles. The van der Waals surface area contributed by atoms with Crippen molar-refractivity contribution in [3.63, 3.8) is 0 Å². The van der Waals surface area contributed by atoms with Crippen molar-refractivity contribution in [1.29, 1.82) is 0 Å². The molecular formula is C7H4BrN3O. The van der Waals surface area contributed by atoms with E-state index in [4.69, 9.17) is 0 Å². The topological polar surface area (TPSA) is 58.6 Å². The Hall–Kier alpha value is -1.23. The second-order valence-electron chi connectivity index (χ2n) is 2.28. The highest BCUT2D eigenvalue weighted by Crippen LogP contribution is 2.20. The van der Waals surface area contributed by atoms with E-state index in [9.17, 15) is 4.79 Å². The normalized spacial score (nSPS) is 10.4. The van der Waals surface area contributed by atoms with Gasteiger partial charge in [0.1, 0.15) is 10.1 Å². The molecule has 60 valence electrons. The average Bonchev–Trinajstić information content (AvgIpc) is 2.48. The van der Waals surface area contributed by atoms with Gasteiger partial charge in [0.15, 0.2) is 6.29 Å². The lowest BCUT2D eigenvalue weighted by Gasteiger charge is -1.89. The number of carbonyl (C=O) groups is 1. The molecule has 0 aliphatic rings. The SMILES string of the molecule is O=Cc1cncc2c(Br)[nH]nc12. The molecule has 1 N–H and O–H groups in total. The fourth-order valence-corrected chi connectivity index (χ4v) is 1.39. The molecule has 0 radical (unpaired) electrons. The van der Waals surface area contributed by atoms with E-state index in [1.807, 2.05) is 0 Å². The molecule has 12 heavy (non-hydrogen) atoms. The van der Waals surface area contributed by atoms with Crippen LogP contribution in [0.5, 0.6) is 0 Å². The summed E-state index contributed by atoms with van der Waals surface area (Å²) >= 11 is 3.26. The highest BCUT2D eigenvalue weighted by molar-refractivity contribution is 9.10. The molecule has 0 aliphatic carbocycles. The molecule has 0 atom stereocenters. The first-order chi connectivity index (χ1) is 5.83. The van der Waals surface area contributed by atoms with Crippen LogP contribution in [0, 0.1) is 0 Å². The lowest BCUT2D eigenvalue weighted by molar-refractivity contribution is 0.112. The van der Waals surface area contributed by atoms with Gasteiger partial charge in [-0.25, -0.2) is 0 Å². The first-order valence-corrected chi connectivity index (χ1v) is 4.05. The van der Waals surface area contributed by atoms with Crippen LogP contribution in [0.15, 0.2) is 17.0 Å². The first kappa shape index (κ1) is 7.42. The Morgan fingerprint density at radius 1 is 1.50 bits per heavy atom. The van der Waals surface area contributed by atoms with Crippen LogP contribution in [0.25, 0.3) is 10.9 Å². The lowest BCUT2D eigenvalue weighted by atomic mass is 10.2. The Balaban J connectivity index is 2.89. The summed E-state index contributed by atoms with van der Waals surface area (Å²) in [7, 11) is 0. The van der Waals surface area contributed by atoms with Crippen molar-refractivity contribution in [2.45, 2.75) is 0 Å². The van der Waals surface area contributed by atoms with Gasteiger partial charge < -0.3 is 0 Å². The zero-order chi connectivity index (χ0) is 8.55. The number of hydrogen-bond donors (Lipinski definition) is 1. The summed E-state index contributed by atoms with van der Waals surface area (Å²) in [5.74, 6) is 0. The molecule has 0 spiro atoms. The summed E-state index contributed by atoms with van der Waals surface area (Å²) < 4.78 is 0.744. The fraction of sp³-hybridized carbons (Fsp3) is 0. The molecule has 0 saturated heterocycles. The Kier molecular flexibility index (Phi) is 1.65. The summed E-state index contributed by atoms with van der Waals surface area (Å²) in [5, 5.41) is 7.48. The number of aldehydes is 1. The average molecular weight is 226 g/mol. The maximum atomic E-state index is 10.5. The summed E-state index contributed by atoms with van der Waals surface area (Å²) in [6.07, 6.45) is 3.88. The van der Waals surface area contributed by atoms with E-state index in [0.29, 0.717) is 11.1 Å². The van der Waals surface area contributed by atoms with Gasteiger partial charge >= 0.3 is 0 Å². The Morgan fingerprint density at radius 2 is 2.33 bits per heavy atom. The third-order valence-corrected chi connectivity index (χ3v) is 2.18. The zero-order valence-corrected chi connectivity index (χ0v) is 7.50. The summed E-state index contributed by atoms with van der Waals surface area (Å²) in [6.45, 7) is 0. The van der Waals surface area contributed by atoms with E-state index in [-0.39, 0.29) is 0 Å². The first-order valence-electron chi connectivity index (χ1n) is 3.25. The van der Waals surface area contributed by atoms with Crippen molar-refractivity contribution >= 4 is 33.1 Å². The number of halogens is 1. The van der Waals surface area contributed by atoms with Gasteiger partial charge in [-0.1, -0.05) is 0 Å². The summed E-state index contributed by atoms with van der Waals surface area (Å²) in [6, 6.07) is 0. The number of carbonyl (C=O) groups excluding carboxylic acids is 1. The Labute approximate surface area is 76.1 Å². The van der Waals surface area contributed by atoms with Gasteiger partial charge in [-0.05, 0) is 15.9 Å². The molecule has 2 aromatic rings. The van der Waals surface area contributed by atoms with Gasteiger partial charge in [-0.15, -0.1) is 0 Å². The van der Waals surface area contributed by atoms with Crippen molar-refractivity contribution < 1.29 is 4.79 Å². The van der Waals surface area contributed by atoms with E-state index in [0.717, 1.165) is 16.3 Å². The van der Waals surface area contributed by atoms with Gasteiger partial charge in [-0.3, -0.25) is 14.9 Å². The van der Waals surface area contributed by atoms with Crippen molar-refractivity contribution in [3.05, 3.63) is 22.6 Å². The standard InChI is InChI=1S/C7H4BrN3O/c8-7-5-2-9-1-4(3-12)6(5)10-11-7/h1-3H,(H,10,11). The molecule has 0 aromatic carbocycles. The molecule has 2 aromatic heterocycles. The van der Waals surface area contributed by atoms with Crippen molar-refractivity contribution in [2.75, 3.05) is 0 Å². The zero-order valence-electron chi connectivity index (χ0n) is 5.91. The highest BCUT2D eigenvalue weighted by atomic mass is 79.9. The van der Waals surface area contributed by atoms with Crippen LogP contribution in [0.2, 0.25) is 0 Å². The smallest absolute Gasteiger partial charge is 0.153 e.